The van der Waals surface area contributed by atoms with Crippen molar-refractivity contribution in [1.82, 2.24) is 9.21 Å². The van der Waals surface area contributed by atoms with Crippen molar-refractivity contribution in [1.29, 1.82) is 0 Å². The number of likely N-dealkylation sites (N-methyl/N-ethyl adjacent to an activating group) is 1. The number of carbonyl (C=O) groups excluding carboxylic acids is 1. The quantitative estimate of drug-likeness (QED) is 0.732. The Labute approximate surface area is 162 Å². The van der Waals surface area contributed by atoms with Gasteiger partial charge in [-0.1, -0.05) is 43.3 Å². The molecule has 1 aromatic carbocycles. The lowest BCUT2D eigenvalue weighted by molar-refractivity contribution is -0.132. The number of allylic oxidation sites excluding steroid dienone is 1. The first-order valence-electron chi connectivity index (χ1n) is 9.38. The van der Waals surface area contributed by atoms with Crippen LogP contribution >= 0.6 is 0 Å². The zero-order chi connectivity index (χ0) is 20.2. The predicted molar refractivity (Wildman–Crippen MR) is 108 cm³/mol. The summed E-state index contributed by atoms with van der Waals surface area (Å²) in [5, 5.41) is 9.86. The van der Waals surface area contributed by atoms with Crippen molar-refractivity contribution in [2.45, 2.75) is 45.2 Å². The summed E-state index contributed by atoms with van der Waals surface area (Å²) in [5.41, 5.74) is 2.04. The topological polar surface area (TPSA) is 77.9 Å². The second-order valence-electron chi connectivity index (χ2n) is 6.89. The zero-order valence-corrected chi connectivity index (χ0v) is 17.3. The summed E-state index contributed by atoms with van der Waals surface area (Å²) in [6.07, 6.45) is 5.49. The fraction of sp³-hybridized carbons (Fsp3) is 0.550. The van der Waals surface area contributed by atoms with Gasteiger partial charge in [0.1, 0.15) is 0 Å². The summed E-state index contributed by atoms with van der Waals surface area (Å²) >= 11 is 0. The molecule has 0 unspecified atom stereocenters. The molecule has 0 spiro atoms. The number of aliphatic hydroxyl groups excluding tert-OH is 1. The van der Waals surface area contributed by atoms with Gasteiger partial charge in [-0.25, -0.2) is 8.42 Å². The van der Waals surface area contributed by atoms with Crippen LogP contribution < -0.4 is 0 Å². The van der Waals surface area contributed by atoms with Crippen LogP contribution in [0, 0.1) is 0 Å². The third-order valence-electron chi connectivity index (χ3n) is 5.18. The highest BCUT2D eigenvalue weighted by molar-refractivity contribution is 7.88. The molecule has 0 bridgehead atoms. The normalized spacial score (nSPS) is 23.4. The Balaban J connectivity index is 2.37. The summed E-state index contributed by atoms with van der Waals surface area (Å²) in [6, 6.07) is 7.05. The molecule has 3 atom stereocenters. The summed E-state index contributed by atoms with van der Waals surface area (Å²) in [7, 11) is -3.50. The minimum atomic E-state index is -3.50. The minimum absolute atomic E-state index is 0.000537. The molecule has 1 aliphatic heterocycles. The Kier molecular flexibility index (Phi) is 7.19. The summed E-state index contributed by atoms with van der Waals surface area (Å²) in [6.45, 7) is 6.24. The van der Waals surface area contributed by atoms with Crippen molar-refractivity contribution in [2.24, 2.45) is 0 Å². The molecule has 1 saturated heterocycles. The van der Waals surface area contributed by atoms with Crippen LogP contribution in [0.4, 0.5) is 0 Å². The van der Waals surface area contributed by atoms with Crippen molar-refractivity contribution in [2.75, 3.05) is 26.0 Å². The Morgan fingerprint density at radius 3 is 2.30 bits per heavy atom. The largest absolute Gasteiger partial charge is 0.395 e. The van der Waals surface area contributed by atoms with E-state index in [1.54, 1.807) is 11.8 Å². The van der Waals surface area contributed by atoms with Crippen LogP contribution in [0.5, 0.6) is 0 Å². The maximum atomic E-state index is 12.3. The van der Waals surface area contributed by atoms with E-state index in [2.05, 4.69) is 0 Å². The Bertz CT molecular complexity index is 774. The van der Waals surface area contributed by atoms with Crippen LogP contribution in [0.3, 0.4) is 0 Å². The van der Waals surface area contributed by atoms with Gasteiger partial charge in [0, 0.05) is 25.4 Å². The first-order chi connectivity index (χ1) is 12.8. The van der Waals surface area contributed by atoms with Gasteiger partial charge in [-0.05, 0) is 25.0 Å². The van der Waals surface area contributed by atoms with Gasteiger partial charge < -0.3 is 10.0 Å². The molecule has 1 amide bonds. The predicted octanol–water partition coefficient (Wildman–Crippen LogP) is 2.07. The molecule has 0 aliphatic carbocycles. The Morgan fingerprint density at radius 1 is 1.22 bits per heavy atom. The van der Waals surface area contributed by atoms with E-state index in [1.807, 2.05) is 50.3 Å². The molecule has 0 radical (unpaired) electrons. The molecule has 27 heavy (non-hydrogen) atoms. The van der Waals surface area contributed by atoms with E-state index in [4.69, 9.17) is 0 Å². The molecule has 1 N–H and O–H groups in total. The monoisotopic (exact) mass is 394 g/mol. The molecule has 150 valence electrons. The average Bonchev–Trinajstić information content (AvgIpc) is 2.61. The van der Waals surface area contributed by atoms with Crippen molar-refractivity contribution < 1.29 is 18.3 Å². The van der Waals surface area contributed by atoms with Crippen molar-refractivity contribution in [3.05, 3.63) is 41.5 Å². The number of amides is 1. The Morgan fingerprint density at radius 2 is 1.85 bits per heavy atom. The number of sulfonamides is 1. The van der Waals surface area contributed by atoms with Crippen molar-refractivity contribution in [3.8, 4) is 0 Å². The third-order valence-corrected chi connectivity index (χ3v) is 6.49. The number of rotatable bonds is 8. The molecule has 2 rings (SSSR count). The van der Waals surface area contributed by atoms with Crippen LogP contribution in [0.1, 0.15) is 44.2 Å². The van der Waals surface area contributed by atoms with Crippen LogP contribution in [0.2, 0.25) is 0 Å². The van der Waals surface area contributed by atoms with Gasteiger partial charge in [0.2, 0.25) is 15.9 Å². The maximum Gasteiger partial charge on any atom is 0.222 e. The molecule has 7 heteroatoms. The molecular formula is C20H30N2O4S. The molecular weight excluding hydrogens is 364 g/mol. The highest BCUT2D eigenvalue weighted by atomic mass is 32.2. The van der Waals surface area contributed by atoms with Gasteiger partial charge in [-0.3, -0.25) is 4.79 Å². The van der Waals surface area contributed by atoms with Gasteiger partial charge >= 0.3 is 0 Å². The SMILES string of the molecule is C/C=C/c1ccc([C@@H]2[C@@H](CO)N(S(C)(=O)=O)[C@H]2CN(CC)C(=O)CC)cc1. The zero-order valence-electron chi connectivity index (χ0n) is 16.5. The highest BCUT2D eigenvalue weighted by Crippen LogP contribution is 2.42. The van der Waals surface area contributed by atoms with Crippen LogP contribution in [-0.4, -0.2) is 66.7 Å². The van der Waals surface area contributed by atoms with Crippen molar-refractivity contribution in [3.63, 3.8) is 0 Å². The average molecular weight is 395 g/mol. The lowest BCUT2D eigenvalue weighted by atomic mass is 9.77. The smallest absolute Gasteiger partial charge is 0.222 e. The van der Waals surface area contributed by atoms with E-state index in [9.17, 15) is 18.3 Å². The van der Waals surface area contributed by atoms with Crippen LogP contribution in [-0.2, 0) is 14.8 Å². The summed E-state index contributed by atoms with van der Waals surface area (Å²) in [5.74, 6) is -0.149. The van der Waals surface area contributed by atoms with Gasteiger partial charge in [-0.15, -0.1) is 0 Å². The number of hydrogen-bond acceptors (Lipinski definition) is 4. The summed E-state index contributed by atoms with van der Waals surface area (Å²) < 4.78 is 26.0. The van der Waals surface area contributed by atoms with Crippen LogP contribution in [0.25, 0.3) is 6.08 Å². The lowest BCUT2D eigenvalue weighted by Crippen LogP contribution is -2.68. The van der Waals surface area contributed by atoms with Gasteiger partial charge in [-0.2, -0.15) is 4.31 Å². The fourth-order valence-corrected chi connectivity index (χ4v) is 5.30. The lowest BCUT2D eigenvalue weighted by Gasteiger charge is -2.54. The van der Waals surface area contributed by atoms with E-state index in [-0.39, 0.29) is 24.5 Å². The maximum absolute atomic E-state index is 12.3. The van der Waals surface area contributed by atoms with Gasteiger partial charge in [0.15, 0.2) is 0 Å². The molecule has 1 fully saturated rings. The van der Waals surface area contributed by atoms with E-state index in [0.717, 1.165) is 17.4 Å². The second-order valence-corrected chi connectivity index (χ2v) is 8.78. The van der Waals surface area contributed by atoms with Crippen LogP contribution in [0.15, 0.2) is 30.3 Å². The van der Waals surface area contributed by atoms with E-state index in [1.165, 1.54) is 4.31 Å². The molecule has 6 nitrogen and oxygen atoms in total. The molecule has 0 saturated carbocycles. The number of carbonyl (C=O) groups is 1. The van der Waals surface area contributed by atoms with E-state index >= 15 is 0 Å². The highest BCUT2D eigenvalue weighted by Gasteiger charge is 2.53. The van der Waals surface area contributed by atoms with Crippen molar-refractivity contribution >= 4 is 22.0 Å². The number of aliphatic hydroxyl groups is 1. The third kappa shape index (κ3) is 4.59. The number of benzene rings is 1. The molecule has 1 heterocycles. The summed E-state index contributed by atoms with van der Waals surface area (Å²) in [4.78, 5) is 13.9. The number of nitrogens with zero attached hydrogens (tertiary/aromatic N) is 2. The molecule has 1 aromatic rings. The first kappa shape index (κ1) is 21.6. The van der Waals surface area contributed by atoms with E-state index < -0.39 is 16.1 Å². The van der Waals surface area contributed by atoms with Gasteiger partial charge in [0.05, 0.1) is 24.9 Å². The first-order valence-corrected chi connectivity index (χ1v) is 11.2. The van der Waals surface area contributed by atoms with Gasteiger partial charge in [0.25, 0.3) is 0 Å². The second kappa shape index (κ2) is 8.99. The fourth-order valence-electron chi connectivity index (χ4n) is 3.92. The standard InChI is InChI=1S/C20H30N2O4S/c1-5-8-15-9-11-16(12-10-15)20-17(13-21(7-3)19(24)6-2)22(18(20)14-23)27(4,25)26/h5,8-12,17-18,20,23H,6-7,13-14H2,1-4H3/b8-5+/t17-,18+,20-/m0/s1. The van der Waals surface area contributed by atoms with E-state index in [0.29, 0.717) is 19.5 Å². The Hall–Kier alpha value is -1.70. The molecule has 0 aromatic heterocycles. The minimum Gasteiger partial charge on any atom is -0.395 e. The number of hydrogen-bond donors (Lipinski definition) is 1. The molecule has 1 aliphatic rings.